The molecule has 0 spiro atoms. The van der Waals surface area contributed by atoms with Crippen LogP contribution in [0.25, 0.3) is 0 Å². The van der Waals surface area contributed by atoms with Crippen molar-refractivity contribution in [2.75, 3.05) is 18.5 Å². The Morgan fingerprint density at radius 2 is 2.00 bits per heavy atom. The van der Waals surface area contributed by atoms with E-state index < -0.39 is 0 Å². The fraction of sp³-hybridized carbons (Fsp3) is 0.222. The average molecular weight is 267 g/mol. The lowest BCUT2D eigenvalue weighted by atomic mass is 10.1. The predicted octanol–water partition coefficient (Wildman–Crippen LogP) is 4.21. The summed E-state index contributed by atoms with van der Waals surface area (Å²) in [6.45, 7) is 7.29. The van der Waals surface area contributed by atoms with Crippen molar-refractivity contribution in [2.24, 2.45) is 0 Å². The van der Waals surface area contributed by atoms with E-state index >= 15 is 0 Å². The first-order valence-corrected chi connectivity index (χ1v) is 6.92. The highest BCUT2D eigenvalue weighted by molar-refractivity contribution is 5.45. The van der Waals surface area contributed by atoms with Crippen molar-refractivity contribution in [1.82, 2.24) is 0 Å². The van der Waals surface area contributed by atoms with Crippen LogP contribution in [0.4, 0.5) is 5.69 Å². The molecule has 0 heterocycles. The molecule has 0 aliphatic heterocycles. The van der Waals surface area contributed by atoms with Crippen molar-refractivity contribution in [3.63, 3.8) is 0 Å². The Morgan fingerprint density at radius 1 is 1.15 bits per heavy atom. The minimum atomic E-state index is 0.641. The molecule has 0 bridgehead atoms. The molecule has 0 radical (unpaired) electrons. The topological polar surface area (TPSA) is 21.3 Å². The standard InChI is InChI=1S/C18H21NO/c1-3-7-16-9-4-5-11-18(16)20-13-12-19-17-10-6-8-15(2)14-17/h3-6,8-11,14,19H,1,7,12-13H2,2H3. The van der Waals surface area contributed by atoms with Crippen LogP contribution in [-0.2, 0) is 6.42 Å². The molecule has 0 aliphatic rings. The summed E-state index contributed by atoms with van der Waals surface area (Å²) < 4.78 is 5.83. The molecule has 0 aromatic heterocycles. The summed E-state index contributed by atoms with van der Waals surface area (Å²) in [5.74, 6) is 0.943. The third-order valence-corrected chi connectivity index (χ3v) is 3.04. The van der Waals surface area contributed by atoms with Gasteiger partial charge in [-0.1, -0.05) is 36.4 Å². The Morgan fingerprint density at radius 3 is 2.80 bits per heavy atom. The van der Waals surface area contributed by atoms with E-state index in [0.29, 0.717) is 6.61 Å². The van der Waals surface area contributed by atoms with Crippen molar-refractivity contribution in [1.29, 1.82) is 0 Å². The molecule has 0 aliphatic carbocycles. The van der Waals surface area contributed by atoms with E-state index in [0.717, 1.165) is 24.4 Å². The largest absolute Gasteiger partial charge is 0.491 e. The van der Waals surface area contributed by atoms with Gasteiger partial charge in [-0.3, -0.25) is 0 Å². The molecule has 2 rings (SSSR count). The maximum Gasteiger partial charge on any atom is 0.122 e. The van der Waals surface area contributed by atoms with Crippen LogP contribution in [-0.4, -0.2) is 13.2 Å². The fourth-order valence-corrected chi connectivity index (χ4v) is 2.08. The third-order valence-electron chi connectivity index (χ3n) is 3.04. The van der Waals surface area contributed by atoms with E-state index in [1.807, 2.05) is 24.3 Å². The maximum absolute atomic E-state index is 5.83. The third kappa shape index (κ3) is 4.16. The Bertz CT molecular complexity index is 563. The molecule has 2 nitrogen and oxygen atoms in total. The van der Waals surface area contributed by atoms with Gasteiger partial charge in [-0.2, -0.15) is 0 Å². The molecule has 0 unspecified atom stereocenters. The first-order valence-electron chi connectivity index (χ1n) is 6.92. The highest BCUT2D eigenvalue weighted by atomic mass is 16.5. The minimum Gasteiger partial charge on any atom is -0.491 e. The van der Waals surface area contributed by atoms with E-state index in [-0.39, 0.29) is 0 Å². The average Bonchev–Trinajstić information content (AvgIpc) is 2.46. The number of para-hydroxylation sites is 1. The summed E-state index contributed by atoms with van der Waals surface area (Å²) in [6, 6.07) is 16.4. The van der Waals surface area contributed by atoms with Gasteiger partial charge in [0.1, 0.15) is 12.4 Å². The molecule has 20 heavy (non-hydrogen) atoms. The molecule has 2 heteroatoms. The van der Waals surface area contributed by atoms with E-state index in [9.17, 15) is 0 Å². The Hall–Kier alpha value is -2.22. The van der Waals surface area contributed by atoms with Gasteiger partial charge in [0.2, 0.25) is 0 Å². The number of benzene rings is 2. The first-order chi connectivity index (χ1) is 9.79. The van der Waals surface area contributed by atoms with Crippen LogP contribution in [0.3, 0.4) is 0 Å². The molecule has 2 aromatic carbocycles. The number of hydrogen-bond donors (Lipinski definition) is 1. The molecular formula is C18H21NO. The number of hydrogen-bond acceptors (Lipinski definition) is 2. The van der Waals surface area contributed by atoms with E-state index in [2.05, 4.69) is 49.2 Å². The summed E-state index contributed by atoms with van der Waals surface area (Å²) in [4.78, 5) is 0. The van der Waals surface area contributed by atoms with Crippen LogP contribution in [0.5, 0.6) is 5.75 Å². The van der Waals surface area contributed by atoms with E-state index in [4.69, 9.17) is 4.74 Å². The van der Waals surface area contributed by atoms with Crippen molar-refractivity contribution >= 4 is 5.69 Å². The van der Waals surface area contributed by atoms with Gasteiger partial charge in [0.05, 0.1) is 0 Å². The van der Waals surface area contributed by atoms with Gasteiger partial charge in [0, 0.05) is 12.2 Å². The second-order valence-corrected chi connectivity index (χ2v) is 4.75. The minimum absolute atomic E-state index is 0.641. The van der Waals surface area contributed by atoms with Crippen molar-refractivity contribution in [3.05, 3.63) is 72.3 Å². The lowest BCUT2D eigenvalue weighted by Crippen LogP contribution is -2.12. The van der Waals surface area contributed by atoms with Gasteiger partial charge >= 0.3 is 0 Å². The zero-order valence-corrected chi connectivity index (χ0v) is 11.9. The van der Waals surface area contributed by atoms with Crippen LogP contribution < -0.4 is 10.1 Å². The summed E-state index contributed by atoms with van der Waals surface area (Å²) in [6.07, 6.45) is 2.73. The SMILES string of the molecule is C=CCc1ccccc1OCCNc1cccc(C)c1. The highest BCUT2D eigenvalue weighted by Gasteiger charge is 2.00. The number of ether oxygens (including phenoxy) is 1. The lowest BCUT2D eigenvalue weighted by molar-refractivity contribution is 0.330. The van der Waals surface area contributed by atoms with Crippen molar-refractivity contribution < 1.29 is 4.74 Å². The zero-order valence-electron chi connectivity index (χ0n) is 11.9. The van der Waals surface area contributed by atoms with Gasteiger partial charge in [0.25, 0.3) is 0 Å². The number of anilines is 1. The normalized spacial score (nSPS) is 10.1. The molecule has 0 saturated carbocycles. The predicted molar refractivity (Wildman–Crippen MR) is 85.5 cm³/mol. The molecule has 104 valence electrons. The number of aryl methyl sites for hydroxylation is 1. The molecule has 1 N–H and O–H groups in total. The molecule has 2 aromatic rings. The van der Waals surface area contributed by atoms with Gasteiger partial charge in [-0.25, -0.2) is 0 Å². The van der Waals surface area contributed by atoms with Gasteiger partial charge in [-0.05, 0) is 42.7 Å². The van der Waals surface area contributed by atoms with E-state index in [1.54, 1.807) is 0 Å². The van der Waals surface area contributed by atoms with Crippen molar-refractivity contribution in [2.45, 2.75) is 13.3 Å². The molecular weight excluding hydrogens is 246 g/mol. The van der Waals surface area contributed by atoms with Crippen LogP contribution in [0.1, 0.15) is 11.1 Å². The summed E-state index contributed by atoms with van der Waals surface area (Å²) in [7, 11) is 0. The number of rotatable bonds is 7. The van der Waals surface area contributed by atoms with Crippen LogP contribution in [0, 0.1) is 6.92 Å². The monoisotopic (exact) mass is 267 g/mol. The van der Waals surface area contributed by atoms with Gasteiger partial charge < -0.3 is 10.1 Å². The number of allylic oxidation sites excluding steroid dienone is 1. The molecule has 0 amide bonds. The quantitative estimate of drug-likeness (QED) is 0.599. The smallest absolute Gasteiger partial charge is 0.122 e. The lowest BCUT2D eigenvalue weighted by Gasteiger charge is -2.11. The zero-order chi connectivity index (χ0) is 14.2. The van der Waals surface area contributed by atoms with E-state index in [1.165, 1.54) is 11.1 Å². The summed E-state index contributed by atoms with van der Waals surface area (Å²) in [5.41, 5.74) is 3.57. The Balaban J connectivity index is 1.83. The first kappa shape index (κ1) is 14.2. The number of nitrogens with one attached hydrogen (secondary N) is 1. The second kappa shape index (κ2) is 7.39. The van der Waals surface area contributed by atoms with Gasteiger partial charge in [0.15, 0.2) is 0 Å². The Labute approximate surface area is 121 Å². The van der Waals surface area contributed by atoms with Crippen LogP contribution in [0.15, 0.2) is 61.2 Å². The maximum atomic E-state index is 5.83. The Kier molecular flexibility index (Phi) is 5.24. The second-order valence-electron chi connectivity index (χ2n) is 4.75. The summed E-state index contributed by atoms with van der Waals surface area (Å²) in [5, 5.41) is 3.36. The van der Waals surface area contributed by atoms with Crippen LogP contribution in [0.2, 0.25) is 0 Å². The highest BCUT2D eigenvalue weighted by Crippen LogP contribution is 2.18. The van der Waals surface area contributed by atoms with Gasteiger partial charge in [-0.15, -0.1) is 6.58 Å². The molecule has 0 saturated heterocycles. The molecule has 0 atom stereocenters. The van der Waals surface area contributed by atoms with Crippen LogP contribution >= 0.6 is 0 Å². The van der Waals surface area contributed by atoms with Crippen molar-refractivity contribution in [3.8, 4) is 5.75 Å². The molecule has 0 fully saturated rings. The fourth-order valence-electron chi connectivity index (χ4n) is 2.08. The summed E-state index contributed by atoms with van der Waals surface area (Å²) >= 11 is 0.